The van der Waals surface area contributed by atoms with Crippen LogP contribution in [0.25, 0.3) is 16.9 Å². The zero-order valence-electron chi connectivity index (χ0n) is 13.8. The van der Waals surface area contributed by atoms with Crippen molar-refractivity contribution < 1.29 is 9.53 Å². The molecule has 3 aromatic rings. The van der Waals surface area contributed by atoms with Crippen molar-refractivity contribution in [2.45, 2.75) is 6.92 Å². The fourth-order valence-electron chi connectivity index (χ4n) is 2.33. The number of nitrogens with one attached hydrogen (secondary N) is 1. The first kappa shape index (κ1) is 16.4. The van der Waals surface area contributed by atoms with E-state index in [4.69, 9.17) is 4.74 Å². The molecule has 1 N–H and O–H groups in total. The summed E-state index contributed by atoms with van der Waals surface area (Å²) in [4.78, 5) is 11.3. The van der Waals surface area contributed by atoms with Crippen LogP contribution < -0.4 is 5.43 Å². The summed E-state index contributed by atoms with van der Waals surface area (Å²) < 4.78 is 6.57. The van der Waals surface area contributed by atoms with Crippen LogP contribution in [0.5, 0.6) is 0 Å². The Morgan fingerprint density at radius 2 is 1.84 bits per heavy atom. The molecule has 25 heavy (non-hydrogen) atoms. The number of hydrazone groups is 1. The van der Waals surface area contributed by atoms with Gasteiger partial charge >= 0.3 is 6.09 Å². The quantitative estimate of drug-likeness (QED) is 0.572. The van der Waals surface area contributed by atoms with Crippen molar-refractivity contribution in [3.63, 3.8) is 0 Å². The molecule has 3 rings (SSSR count). The molecule has 0 radical (unpaired) electrons. The molecule has 1 heterocycles. The normalized spacial score (nSPS) is 10.8. The summed E-state index contributed by atoms with van der Waals surface area (Å²) in [6.07, 6.45) is 2.84. The third-order valence-corrected chi connectivity index (χ3v) is 3.45. The fourth-order valence-corrected chi connectivity index (χ4v) is 2.33. The van der Waals surface area contributed by atoms with E-state index in [1.54, 1.807) is 17.8 Å². The standard InChI is InChI=1S/C19H18N4O2/c1-2-25-19(24)21-20-13-16-14-23(17-11-7-4-8-12-17)22-18(16)15-9-5-3-6-10-15/h3-14H,2H2,1H3,(H,21,24). The highest BCUT2D eigenvalue weighted by Gasteiger charge is 2.10. The molecule has 0 unspecified atom stereocenters. The van der Waals surface area contributed by atoms with E-state index in [-0.39, 0.29) is 0 Å². The van der Waals surface area contributed by atoms with Crippen LogP contribution >= 0.6 is 0 Å². The van der Waals surface area contributed by atoms with Crippen molar-refractivity contribution >= 4 is 12.3 Å². The van der Waals surface area contributed by atoms with Gasteiger partial charge in [0.15, 0.2) is 0 Å². The fraction of sp³-hybridized carbons (Fsp3) is 0.105. The van der Waals surface area contributed by atoms with Crippen LogP contribution in [0.4, 0.5) is 4.79 Å². The SMILES string of the molecule is CCOC(=O)NN=Cc1cn(-c2ccccc2)nc1-c1ccccc1. The number of hydrogen-bond acceptors (Lipinski definition) is 4. The Hall–Kier alpha value is -3.41. The largest absolute Gasteiger partial charge is 0.449 e. The number of ether oxygens (including phenoxy) is 1. The van der Waals surface area contributed by atoms with Gasteiger partial charge in [-0.25, -0.2) is 14.9 Å². The van der Waals surface area contributed by atoms with E-state index in [0.717, 1.165) is 22.5 Å². The molecule has 1 amide bonds. The highest BCUT2D eigenvalue weighted by molar-refractivity contribution is 5.89. The molecule has 0 saturated carbocycles. The Bertz CT molecular complexity index is 858. The van der Waals surface area contributed by atoms with Gasteiger partial charge in [-0.05, 0) is 19.1 Å². The average Bonchev–Trinajstić information content (AvgIpc) is 3.08. The molecular weight excluding hydrogens is 316 g/mol. The molecule has 6 heteroatoms. The first-order valence-electron chi connectivity index (χ1n) is 7.94. The molecule has 6 nitrogen and oxygen atoms in total. The minimum atomic E-state index is -0.588. The van der Waals surface area contributed by atoms with Gasteiger partial charge in [0.05, 0.1) is 18.5 Å². The van der Waals surface area contributed by atoms with E-state index < -0.39 is 6.09 Å². The molecular formula is C19H18N4O2. The maximum atomic E-state index is 11.3. The summed E-state index contributed by atoms with van der Waals surface area (Å²) in [5.74, 6) is 0. The lowest BCUT2D eigenvalue weighted by Gasteiger charge is -2.00. The number of hydrogen-bond donors (Lipinski definition) is 1. The summed E-state index contributed by atoms with van der Waals surface area (Å²) in [6, 6.07) is 19.6. The summed E-state index contributed by atoms with van der Waals surface area (Å²) in [5, 5.41) is 8.62. The lowest BCUT2D eigenvalue weighted by molar-refractivity contribution is 0.152. The van der Waals surface area contributed by atoms with Gasteiger partial charge in [0.25, 0.3) is 0 Å². The molecule has 1 aromatic heterocycles. The lowest BCUT2D eigenvalue weighted by Crippen LogP contribution is -2.18. The van der Waals surface area contributed by atoms with Gasteiger partial charge in [0.1, 0.15) is 5.69 Å². The molecule has 0 aliphatic heterocycles. The van der Waals surface area contributed by atoms with Gasteiger partial charge < -0.3 is 4.74 Å². The molecule has 2 aromatic carbocycles. The van der Waals surface area contributed by atoms with E-state index in [1.165, 1.54) is 0 Å². The Morgan fingerprint density at radius 1 is 1.16 bits per heavy atom. The summed E-state index contributed by atoms with van der Waals surface area (Å²) in [7, 11) is 0. The second-order valence-electron chi connectivity index (χ2n) is 5.17. The Labute approximate surface area is 145 Å². The third-order valence-electron chi connectivity index (χ3n) is 3.45. The summed E-state index contributed by atoms with van der Waals surface area (Å²) >= 11 is 0. The minimum absolute atomic E-state index is 0.294. The number of carbonyl (C=O) groups is 1. The maximum absolute atomic E-state index is 11.3. The Balaban J connectivity index is 1.93. The smallest absolute Gasteiger partial charge is 0.427 e. The van der Waals surface area contributed by atoms with Crippen molar-refractivity contribution in [3.05, 3.63) is 72.4 Å². The first-order valence-corrected chi connectivity index (χ1v) is 7.94. The number of carbonyl (C=O) groups excluding carboxylic acids is 1. The second kappa shape index (κ2) is 7.92. The average molecular weight is 334 g/mol. The molecule has 0 aliphatic rings. The number of aromatic nitrogens is 2. The van der Waals surface area contributed by atoms with Crippen molar-refractivity contribution in [2.75, 3.05) is 6.61 Å². The van der Waals surface area contributed by atoms with Gasteiger partial charge in [-0.1, -0.05) is 48.5 Å². The van der Waals surface area contributed by atoms with E-state index in [0.29, 0.717) is 6.61 Å². The Morgan fingerprint density at radius 3 is 2.52 bits per heavy atom. The summed E-state index contributed by atoms with van der Waals surface area (Å²) in [6.45, 7) is 2.03. The number of para-hydroxylation sites is 1. The zero-order chi connectivity index (χ0) is 17.5. The highest BCUT2D eigenvalue weighted by Crippen LogP contribution is 2.22. The van der Waals surface area contributed by atoms with Gasteiger partial charge in [-0.2, -0.15) is 10.2 Å². The van der Waals surface area contributed by atoms with Crippen LogP contribution in [0.1, 0.15) is 12.5 Å². The van der Waals surface area contributed by atoms with E-state index >= 15 is 0 Å². The van der Waals surface area contributed by atoms with E-state index in [9.17, 15) is 4.79 Å². The molecule has 0 spiro atoms. The van der Waals surface area contributed by atoms with Gasteiger partial charge in [-0.15, -0.1) is 0 Å². The number of amides is 1. The van der Waals surface area contributed by atoms with Crippen LogP contribution in [0, 0.1) is 0 Å². The maximum Gasteiger partial charge on any atom is 0.427 e. The van der Waals surface area contributed by atoms with E-state index in [1.807, 2.05) is 66.9 Å². The van der Waals surface area contributed by atoms with Gasteiger partial charge in [0.2, 0.25) is 0 Å². The molecule has 0 bridgehead atoms. The van der Waals surface area contributed by atoms with E-state index in [2.05, 4.69) is 15.6 Å². The van der Waals surface area contributed by atoms with Gasteiger partial charge in [-0.3, -0.25) is 0 Å². The number of nitrogens with zero attached hydrogens (tertiary/aromatic N) is 3. The van der Waals surface area contributed by atoms with Crippen LogP contribution in [0.15, 0.2) is 72.0 Å². The predicted octanol–water partition coefficient (Wildman–Crippen LogP) is 3.62. The lowest BCUT2D eigenvalue weighted by atomic mass is 10.1. The molecule has 0 atom stereocenters. The van der Waals surface area contributed by atoms with Crippen molar-refractivity contribution in [1.29, 1.82) is 0 Å². The monoisotopic (exact) mass is 334 g/mol. The van der Waals surface area contributed by atoms with Crippen molar-refractivity contribution in [3.8, 4) is 16.9 Å². The number of benzene rings is 2. The van der Waals surface area contributed by atoms with Crippen molar-refractivity contribution in [2.24, 2.45) is 5.10 Å². The van der Waals surface area contributed by atoms with Crippen LogP contribution in [0.3, 0.4) is 0 Å². The molecule has 0 aliphatic carbocycles. The topological polar surface area (TPSA) is 68.5 Å². The third kappa shape index (κ3) is 4.11. The second-order valence-corrected chi connectivity index (χ2v) is 5.17. The van der Waals surface area contributed by atoms with Gasteiger partial charge in [0, 0.05) is 17.3 Å². The molecule has 126 valence electrons. The predicted molar refractivity (Wildman–Crippen MR) is 96.8 cm³/mol. The van der Waals surface area contributed by atoms with Crippen LogP contribution in [0.2, 0.25) is 0 Å². The highest BCUT2D eigenvalue weighted by atomic mass is 16.5. The number of rotatable bonds is 5. The zero-order valence-corrected chi connectivity index (χ0v) is 13.8. The first-order chi connectivity index (χ1) is 12.3. The molecule has 0 saturated heterocycles. The Kier molecular flexibility index (Phi) is 5.21. The van der Waals surface area contributed by atoms with Crippen molar-refractivity contribution in [1.82, 2.24) is 15.2 Å². The van der Waals surface area contributed by atoms with Crippen LogP contribution in [-0.4, -0.2) is 28.7 Å². The minimum Gasteiger partial charge on any atom is -0.449 e. The summed E-state index contributed by atoms with van der Waals surface area (Å²) in [5.41, 5.74) is 5.80. The molecule has 0 fully saturated rings. The van der Waals surface area contributed by atoms with Crippen LogP contribution in [-0.2, 0) is 4.74 Å².